The zero-order chi connectivity index (χ0) is 19.8. The Kier molecular flexibility index (Phi) is 5.17. The van der Waals surface area contributed by atoms with E-state index in [2.05, 4.69) is 10.3 Å². The van der Waals surface area contributed by atoms with E-state index in [4.69, 9.17) is 11.6 Å². The second-order valence-corrected chi connectivity index (χ2v) is 6.53. The molecule has 3 rings (SSSR count). The molecule has 1 aromatic heterocycles. The first kappa shape index (κ1) is 19.3. The Morgan fingerprint density at radius 1 is 1.26 bits per heavy atom. The molecule has 142 valence electrons. The van der Waals surface area contributed by atoms with Crippen LogP contribution >= 0.6 is 11.6 Å². The first-order chi connectivity index (χ1) is 12.7. The number of benzene rings is 2. The molecule has 1 unspecified atom stereocenters. The summed E-state index contributed by atoms with van der Waals surface area (Å²) in [6.45, 7) is 1.19. The molecule has 0 aliphatic rings. The Hall–Kier alpha value is -2.51. The highest BCUT2D eigenvalue weighted by atomic mass is 35.5. The van der Waals surface area contributed by atoms with Crippen LogP contribution in [-0.2, 0) is 6.18 Å². The number of aliphatic hydroxyl groups is 1. The van der Waals surface area contributed by atoms with Crippen LogP contribution in [-0.4, -0.2) is 22.6 Å². The fourth-order valence-corrected chi connectivity index (χ4v) is 3.16. The highest BCUT2D eigenvalue weighted by Gasteiger charge is 2.31. The van der Waals surface area contributed by atoms with E-state index in [1.54, 1.807) is 25.1 Å². The van der Waals surface area contributed by atoms with Gasteiger partial charge in [-0.3, -0.25) is 4.79 Å². The van der Waals surface area contributed by atoms with Gasteiger partial charge in [-0.1, -0.05) is 35.9 Å². The average molecular weight is 397 g/mol. The van der Waals surface area contributed by atoms with E-state index in [9.17, 15) is 23.1 Å². The molecule has 0 bridgehead atoms. The predicted octanol–water partition coefficient (Wildman–Crippen LogP) is 4.61. The quantitative estimate of drug-likeness (QED) is 0.603. The van der Waals surface area contributed by atoms with Crippen LogP contribution in [0.15, 0.2) is 42.5 Å². The predicted molar refractivity (Wildman–Crippen MR) is 96.8 cm³/mol. The summed E-state index contributed by atoms with van der Waals surface area (Å²) in [7, 11) is 0. The van der Waals surface area contributed by atoms with Crippen LogP contribution < -0.4 is 5.32 Å². The lowest BCUT2D eigenvalue weighted by molar-refractivity contribution is -0.137. The number of aliphatic hydroxyl groups excluding tert-OH is 1. The Morgan fingerprint density at radius 3 is 2.59 bits per heavy atom. The smallest absolute Gasteiger partial charge is 0.394 e. The van der Waals surface area contributed by atoms with Gasteiger partial charge in [-0.05, 0) is 36.2 Å². The summed E-state index contributed by atoms with van der Waals surface area (Å²) in [4.78, 5) is 15.6. The molecule has 0 fully saturated rings. The zero-order valence-corrected chi connectivity index (χ0v) is 14.9. The van der Waals surface area contributed by atoms with Gasteiger partial charge in [-0.15, -0.1) is 0 Å². The minimum atomic E-state index is -4.51. The van der Waals surface area contributed by atoms with Crippen LogP contribution in [0.3, 0.4) is 0 Å². The normalized spacial score (nSPS) is 13.0. The second-order valence-electron chi connectivity index (χ2n) is 6.12. The van der Waals surface area contributed by atoms with Gasteiger partial charge in [0.25, 0.3) is 5.91 Å². The van der Waals surface area contributed by atoms with Gasteiger partial charge in [0.05, 0.1) is 28.8 Å². The third kappa shape index (κ3) is 3.79. The molecule has 1 atom stereocenters. The number of rotatable bonds is 4. The van der Waals surface area contributed by atoms with Crippen LogP contribution in [0.4, 0.5) is 13.2 Å². The molecular formula is C19H16ClF3N2O2. The third-order valence-corrected chi connectivity index (χ3v) is 4.69. The van der Waals surface area contributed by atoms with Crippen LogP contribution in [0.1, 0.15) is 33.2 Å². The highest BCUT2D eigenvalue weighted by Crippen LogP contribution is 2.31. The van der Waals surface area contributed by atoms with Gasteiger partial charge in [-0.25, -0.2) is 0 Å². The molecule has 0 spiro atoms. The minimum Gasteiger partial charge on any atom is -0.394 e. The Bertz CT molecular complexity index is 998. The summed E-state index contributed by atoms with van der Waals surface area (Å²) in [5.41, 5.74) is 0.810. The third-order valence-electron chi connectivity index (χ3n) is 4.37. The number of amides is 1. The van der Waals surface area contributed by atoms with Gasteiger partial charge in [0.2, 0.25) is 0 Å². The highest BCUT2D eigenvalue weighted by molar-refractivity contribution is 6.35. The number of alkyl halides is 3. The standard InChI is InChI=1S/C19H16ClF3N2O2/c1-10-13-6-3-7-14(20)17(13)25-16(10)18(27)24-15(9-26)11-4-2-5-12(8-11)19(21,22)23/h2-8,15,25-26H,9H2,1H3,(H,24,27). The molecule has 0 saturated carbocycles. The van der Waals surface area contributed by atoms with Crippen molar-refractivity contribution in [3.8, 4) is 0 Å². The lowest BCUT2D eigenvalue weighted by Crippen LogP contribution is -2.31. The number of carbonyl (C=O) groups excluding carboxylic acids is 1. The van der Waals surface area contributed by atoms with Crippen LogP contribution in [0, 0.1) is 6.92 Å². The van der Waals surface area contributed by atoms with E-state index < -0.39 is 30.3 Å². The fraction of sp³-hybridized carbons (Fsp3) is 0.211. The Morgan fingerprint density at radius 2 is 1.96 bits per heavy atom. The van der Waals surface area contributed by atoms with E-state index in [1.807, 2.05) is 0 Å². The molecule has 8 heteroatoms. The maximum atomic E-state index is 12.9. The van der Waals surface area contributed by atoms with E-state index in [1.165, 1.54) is 12.1 Å². The first-order valence-electron chi connectivity index (χ1n) is 8.08. The van der Waals surface area contributed by atoms with Crippen molar-refractivity contribution in [2.45, 2.75) is 19.1 Å². The Balaban J connectivity index is 1.90. The summed E-state index contributed by atoms with van der Waals surface area (Å²) in [5.74, 6) is -0.545. The molecule has 3 N–H and O–H groups in total. The summed E-state index contributed by atoms with van der Waals surface area (Å²) in [6, 6.07) is 8.76. The second kappa shape index (κ2) is 7.25. The van der Waals surface area contributed by atoms with E-state index >= 15 is 0 Å². The molecule has 1 heterocycles. The number of aromatic amines is 1. The van der Waals surface area contributed by atoms with Gasteiger partial charge in [0, 0.05) is 5.39 Å². The maximum Gasteiger partial charge on any atom is 0.416 e. The van der Waals surface area contributed by atoms with Crippen molar-refractivity contribution in [3.05, 3.63) is 69.9 Å². The van der Waals surface area contributed by atoms with E-state index in [-0.39, 0.29) is 11.3 Å². The summed E-state index contributed by atoms with van der Waals surface area (Å²) >= 11 is 6.13. The molecule has 0 aliphatic carbocycles. The van der Waals surface area contributed by atoms with Crippen molar-refractivity contribution in [3.63, 3.8) is 0 Å². The molecule has 4 nitrogen and oxygen atoms in total. The largest absolute Gasteiger partial charge is 0.416 e. The number of para-hydroxylation sites is 1. The fourth-order valence-electron chi connectivity index (χ4n) is 2.94. The first-order valence-corrected chi connectivity index (χ1v) is 8.46. The molecular weight excluding hydrogens is 381 g/mol. The molecule has 2 aromatic carbocycles. The van der Waals surface area contributed by atoms with Gasteiger partial charge in [0.15, 0.2) is 0 Å². The van der Waals surface area contributed by atoms with Crippen LogP contribution in [0.2, 0.25) is 5.02 Å². The van der Waals surface area contributed by atoms with Gasteiger partial charge >= 0.3 is 6.18 Å². The van der Waals surface area contributed by atoms with Crippen molar-refractivity contribution in [1.29, 1.82) is 0 Å². The molecule has 27 heavy (non-hydrogen) atoms. The van der Waals surface area contributed by atoms with E-state index in [0.29, 0.717) is 16.1 Å². The summed E-state index contributed by atoms with van der Waals surface area (Å²) < 4.78 is 38.7. The molecule has 0 saturated heterocycles. The number of halogens is 4. The van der Waals surface area contributed by atoms with Crippen molar-refractivity contribution >= 4 is 28.4 Å². The number of hydrogen-bond donors (Lipinski definition) is 3. The lowest BCUT2D eigenvalue weighted by Gasteiger charge is -2.18. The maximum absolute atomic E-state index is 12.9. The summed E-state index contributed by atoms with van der Waals surface area (Å²) in [6.07, 6.45) is -4.51. The van der Waals surface area contributed by atoms with Crippen molar-refractivity contribution in [2.24, 2.45) is 0 Å². The van der Waals surface area contributed by atoms with Crippen LogP contribution in [0.5, 0.6) is 0 Å². The van der Waals surface area contributed by atoms with Gasteiger partial charge in [0.1, 0.15) is 5.69 Å². The Labute approximate surface area is 158 Å². The number of hydrogen-bond acceptors (Lipinski definition) is 2. The molecule has 1 amide bonds. The number of aromatic nitrogens is 1. The minimum absolute atomic E-state index is 0.160. The number of aryl methyl sites for hydroxylation is 1. The van der Waals surface area contributed by atoms with Crippen molar-refractivity contribution < 1.29 is 23.1 Å². The topological polar surface area (TPSA) is 65.1 Å². The number of H-pyrrole nitrogens is 1. The van der Waals surface area contributed by atoms with Gasteiger partial charge < -0.3 is 15.4 Å². The zero-order valence-electron chi connectivity index (χ0n) is 14.2. The van der Waals surface area contributed by atoms with Gasteiger partial charge in [-0.2, -0.15) is 13.2 Å². The van der Waals surface area contributed by atoms with Crippen molar-refractivity contribution in [2.75, 3.05) is 6.61 Å². The monoisotopic (exact) mass is 396 g/mol. The lowest BCUT2D eigenvalue weighted by atomic mass is 10.0. The molecule has 0 aliphatic heterocycles. The van der Waals surface area contributed by atoms with Crippen molar-refractivity contribution in [1.82, 2.24) is 10.3 Å². The SMILES string of the molecule is Cc1c(C(=O)NC(CO)c2cccc(C(F)(F)F)c2)[nH]c2c(Cl)cccc12. The number of nitrogens with one attached hydrogen (secondary N) is 2. The molecule has 3 aromatic rings. The number of carbonyl (C=O) groups is 1. The molecule has 0 radical (unpaired) electrons. The number of fused-ring (bicyclic) bond motifs is 1. The van der Waals surface area contributed by atoms with Crippen LogP contribution in [0.25, 0.3) is 10.9 Å². The van der Waals surface area contributed by atoms with E-state index in [0.717, 1.165) is 17.5 Å². The average Bonchev–Trinajstić information content (AvgIpc) is 2.97. The summed E-state index contributed by atoms with van der Waals surface area (Å²) in [5, 5.41) is 13.4.